The van der Waals surface area contributed by atoms with Gasteiger partial charge >= 0.3 is 23.9 Å². The Hall–Kier alpha value is -5.64. The van der Waals surface area contributed by atoms with Crippen LogP contribution in [0.25, 0.3) is 0 Å². The van der Waals surface area contributed by atoms with Crippen molar-refractivity contribution >= 4 is 23.9 Å². The van der Waals surface area contributed by atoms with Crippen LogP contribution in [-0.4, -0.2) is 44.3 Å². The average Bonchev–Trinajstić information content (AvgIpc) is 2.94. The highest BCUT2D eigenvalue weighted by Gasteiger charge is 2.29. The molecular formula is C31H24O10. The Morgan fingerprint density at radius 3 is 1.66 bits per heavy atom. The SMILES string of the molecule is CC(C)(c1ccccc1)c1ccc(Oc2ccc(C(=O)O)c(C(=O)O)c2Oc2cccc(C(=O)O)c2C(=O)O)cc1. The van der Waals surface area contributed by atoms with Crippen molar-refractivity contribution in [1.29, 1.82) is 0 Å². The lowest BCUT2D eigenvalue weighted by Gasteiger charge is -2.26. The van der Waals surface area contributed by atoms with E-state index in [2.05, 4.69) is 13.8 Å². The van der Waals surface area contributed by atoms with E-state index >= 15 is 0 Å². The molecule has 0 spiro atoms. The molecule has 4 rings (SSSR count). The maximum absolute atomic E-state index is 12.2. The van der Waals surface area contributed by atoms with E-state index in [1.165, 1.54) is 12.1 Å². The quantitative estimate of drug-likeness (QED) is 0.172. The second-order valence-corrected chi connectivity index (χ2v) is 9.43. The number of ether oxygens (including phenoxy) is 2. The van der Waals surface area contributed by atoms with Gasteiger partial charge in [0.15, 0.2) is 11.5 Å². The molecule has 0 aliphatic heterocycles. The Bertz CT molecular complexity index is 1650. The molecule has 10 heteroatoms. The van der Waals surface area contributed by atoms with Gasteiger partial charge in [0, 0.05) is 5.41 Å². The molecule has 0 bridgehead atoms. The number of aromatic carboxylic acids is 4. The molecule has 0 amide bonds. The highest BCUT2D eigenvalue weighted by Crippen LogP contribution is 2.42. The summed E-state index contributed by atoms with van der Waals surface area (Å²) in [5, 5.41) is 38.7. The van der Waals surface area contributed by atoms with Crippen LogP contribution in [0.4, 0.5) is 0 Å². The molecule has 0 aliphatic rings. The Labute approximate surface area is 233 Å². The van der Waals surface area contributed by atoms with Crippen LogP contribution < -0.4 is 9.47 Å². The highest BCUT2D eigenvalue weighted by atomic mass is 16.5. The lowest BCUT2D eigenvalue weighted by Crippen LogP contribution is -2.18. The Kier molecular flexibility index (Phi) is 7.77. The fraction of sp³-hybridized carbons (Fsp3) is 0.0968. The molecule has 0 saturated heterocycles. The van der Waals surface area contributed by atoms with E-state index in [4.69, 9.17) is 9.47 Å². The van der Waals surface area contributed by atoms with Crippen LogP contribution in [0.2, 0.25) is 0 Å². The van der Waals surface area contributed by atoms with Crippen LogP contribution in [0.5, 0.6) is 23.0 Å². The van der Waals surface area contributed by atoms with Gasteiger partial charge in [-0.3, -0.25) is 0 Å². The average molecular weight is 557 g/mol. The van der Waals surface area contributed by atoms with Crippen molar-refractivity contribution in [3.05, 3.63) is 118 Å². The van der Waals surface area contributed by atoms with Crippen molar-refractivity contribution in [2.75, 3.05) is 0 Å². The molecule has 0 fully saturated rings. The third kappa shape index (κ3) is 5.71. The molecule has 41 heavy (non-hydrogen) atoms. The van der Waals surface area contributed by atoms with Crippen molar-refractivity contribution in [2.45, 2.75) is 19.3 Å². The Morgan fingerprint density at radius 2 is 1.10 bits per heavy atom. The summed E-state index contributed by atoms with van der Waals surface area (Å²) >= 11 is 0. The summed E-state index contributed by atoms with van der Waals surface area (Å²) in [6.07, 6.45) is 0. The molecule has 0 aliphatic carbocycles. The molecule has 4 aromatic rings. The van der Waals surface area contributed by atoms with E-state index in [1.807, 2.05) is 42.5 Å². The number of hydrogen-bond acceptors (Lipinski definition) is 6. The lowest BCUT2D eigenvalue weighted by molar-refractivity contribution is 0.0645. The predicted octanol–water partition coefficient (Wildman–Crippen LogP) is 6.39. The smallest absolute Gasteiger partial charge is 0.340 e. The van der Waals surface area contributed by atoms with Gasteiger partial charge in [-0.15, -0.1) is 0 Å². The number of carbonyl (C=O) groups is 4. The fourth-order valence-corrected chi connectivity index (χ4v) is 4.35. The van der Waals surface area contributed by atoms with Crippen molar-refractivity contribution < 1.29 is 49.1 Å². The van der Waals surface area contributed by atoms with E-state index in [1.54, 1.807) is 12.1 Å². The summed E-state index contributed by atoms with van der Waals surface area (Å²) in [7, 11) is 0. The lowest BCUT2D eigenvalue weighted by atomic mass is 9.78. The second-order valence-electron chi connectivity index (χ2n) is 9.43. The standard InChI is InChI=1S/C31H24O10/c1-31(2,17-7-4-3-5-8-17)18-11-13-19(14-12-18)40-23-16-15-21(28(34)35)25(30(38)39)26(23)41-22-10-6-9-20(27(32)33)24(22)29(36)37/h3-16H,1-2H3,(H,32,33)(H,34,35)(H,36,37)(H,38,39). The maximum atomic E-state index is 12.2. The number of rotatable bonds is 10. The van der Waals surface area contributed by atoms with Crippen LogP contribution in [-0.2, 0) is 5.41 Å². The minimum Gasteiger partial charge on any atom is -0.478 e. The van der Waals surface area contributed by atoms with Gasteiger partial charge in [0.25, 0.3) is 0 Å². The zero-order valence-corrected chi connectivity index (χ0v) is 21.8. The summed E-state index contributed by atoms with van der Waals surface area (Å²) in [5.74, 6) is -7.59. The van der Waals surface area contributed by atoms with Crippen LogP contribution in [0.15, 0.2) is 84.9 Å². The van der Waals surface area contributed by atoms with Crippen molar-refractivity contribution in [1.82, 2.24) is 0 Å². The van der Waals surface area contributed by atoms with Crippen LogP contribution in [0.3, 0.4) is 0 Å². The number of hydrogen-bond donors (Lipinski definition) is 4. The molecule has 4 aromatic carbocycles. The highest BCUT2D eigenvalue weighted by molar-refractivity contribution is 6.06. The zero-order chi connectivity index (χ0) is 29.9. The third-order valence-electron chi connectivity index (χ3n) is 6.55. The van der Waals surface area contributed by atoms with Crippen LogP contribution in [0.1, 0.15) is 66.4 Å². The summed E-state index contributed by atoms with van der Waals surface area (Å²) in [6.45, 7) is 4.11. The molecule has 0 saturated carbocycles. The first-order valence-electron chi connectivity index (χ1n) is 12.2. The molecule has 4 N–H and O–H groups in total. The van der Waals surface area contributed by atoms with Gasteiger partial charge in [-0.05, 0) is 47.5 Å². The predicted molar refractivity (Wildman–Crippen MR) is 146 cm³/mol. The van der Waals surface area contributed by atoms with Gasteiger partial charge in [-0.25, -0.2) is 19.2 Å². The first kappa shape index (κ1) is 28.4. The maximum Gasteiger partial charge on any atom is 0.340 e. The molecular weight excluding hydrogens is 532 g/mol. The van der Waals surface area contributed by atoms with Gasteiger partial charge in [0.1, 0.15) is 22.6 Å². The summed E-state index contributed by atoms with van der Waals surface area (Å²) in [6, 6.07) is 22.3. The molecule has 10 nitrogen and oxygen atoms in total. The monoisotopic (exact) mass is 556 g/mol. The summed E-state index contributed by atoms with van der Waals surface area (Å²) in [5.41, 5.74) is -1.14. The topological polar surface area (TPSA) is 168 Å². The number of carboxylic acids is 4. The number of carboxylic acid groups (broad SMARTS) is 4. The summed E-state index contributed by atoms with van der Waals surface area (Å²) < 4.78 is 11.6. The van der Waals surface area contributed by atoms with Crippen LogP contribution in [0, 0.1) is 0 Å². The molecule has 0 heterocycles. The summed E-state index contributed by atoms with van der Waals surface area (Å²) in [4.78, 5) is 47.6. The third-order valence-corrected chi connectivity index (χ3v) is 6.55. The number of benzene rings is 4. The van der Waals surface area contributed by atoms with Gasteiger partial charge < -0.3 is 29.9 Å². The van der Waals surface area contributed by atoms with E-state index in [-0.39, 0.29) is 16.9 Å². The van der Waals surface area contributed by atoms with Gasteiger partial charge in [-0.1, -0.05) is 62.4 Å². The van der Waals surface area contributed by atoms with Crippen molar-refractivity contribution in [3.63, 3.8) is 0 Å². The van der Waals surface area contributed by atoms with Crippen molar-refractivity contribution in [2.24, 2.45) is 0 Å². The zero-order valence-electron chi connectivity index (χ0n) is 21.8. The fourth-order valence-electron chi connectivity index (χ4n) is 4.35. The van der Waals surface area contributed by atoms with Gasteiger partial charge in [0.2, 0.25) is 0 Å². The minimum atomic E-state index is -1.69. The first-order chi connectivity index (χ1) is 19.4. The van der Waals surface area contributed by atoms with Gasteiger partial charge in [0.05, 0.1) is 11.1 Å². The largest absolute Gasteiger partial charge is 0.478 e. The van der Waals surface area contributed by atoms with E-state index < -0.39 is 57.6 Å². The molecule has 208 valence electrons. The molecule has 0 atom stereocenters. The Balaban J connectivity index is 1.81. The molecule has 0 aromatic heterocycles. The minimum absolute atomic E-state index is 0.237. The van der Waals surface area contributed by atoms with E-state index in [0.717, 1.165) is 29.3 Å². The first-order valence-corrected chi connectivity index (χ1v) is 12.2. The second kappa shape index (κ2) is 11.2. The molecule has 0 radical (unpaired) electrons. The molecule has 0 unspecified atom stereocenters. The normalized spacial score (nSPS) is 11.0. The Morgan fingerprint density at radius 1 is 0.537 bits per heavy atom. The van der Waals surface area contributed by atoms with Crippen molar-refractivity contribution in [3.8, 4) is 23.0 Å². The van der Waals surface area contributed by atoms with Gasteiger partial charge in [-0.2, -0.15) is 0 Å². The van der Waals surface area contributed by atoms with E-state index in [0.29, 0.717) is 0 Å². The van der Waals surface area contributed by atoms with Crippen LogP contribution >= 0.6 is 0 Å². The van der Waals surface area contributed by atoms with E-state index in [9.17, 15) is 39.6 Å².